The van der Waals surface area contributed by atoms with Crippen molar-refractivity contribution >= 4 is 0 Å². The van der Waals surface area contributed by atoms with Gasteiger partial charge in [-0.3, -0.25) is 4.98 Å². The third-order valence-corrected chi connectivity index (χ3v) is 2.78. The van der Waals surface area contributed by atoms with Gasteiger partial charge in [0.25, 0.3) is 0 Å². The molecule has 1 N–H and O–H groups in total. The van der Waals surface area contributed by atoms with E-state index in [9.17, 15) is 5.11 Å². The molecule has 1 aliphatic heterocycles. The monoisotopic (exact) mass is 205 g/mol. The Kier molecular flexibility index (Phi) is 2.73. The number of hydrogen-bond acceptors (Lipinski definition) is 3. The highest BCUT2D eigenvalue weighted by Gasteiger charge is 2.29. The van der Waals surface area contributed by atoms with Gasteiger partial charge in [0.05, 0.1) is 12.9 Å². The van der Waals surface area contributed by atoms with Crippen molar-refractivity contribution in [1.82, 2.24) is 4.98 Å². The van der Waals surface area contributed by atoms with Gasteiger partial charge < -0.3 is 9.84 Å². The molecule has 0 fully saturated rings. The number of rotatable bonds is 2. The van der Waals surface area contributed by atoms with E-state index in [-0.39, 0.29) is 0 Å². The minimum Gasteiger partial charge on any atom is -0.501 e. The highest BCUT2D eigenvalue weighted by molar-refractivity contribution is 5.29. The lowest BCUT2D eigenvalue weighted by molar-refractivity contribution is 0.0782. The molecular formula is C12H15NO2. The molecule has 1 atom stereocenters. The average molecular weight is 205 g/mol. The van der Waals surface area contributed by atoms with Crippen LogP contribution in [0.3, 0.4) is 0 Å². The fourth-order valence-corrected chi connectivity index (χ4v) is 1.76. The van der Waals surface area contributed by atoms with Crippen LogP contribution in [0.5, 0.6) is 0 Å². The van der Waals surface area contributed by atoms with Gasteiger partial charge in [-0.25, -0.2) is 0 Å². The molecule has 2 rings (SSSR count). The number of nitrogens with zero attached hydrogens (tertiary/aromatic N) is 1. The Morgan fingerprint density at radius 2 is 2.40 bits per heavy atom. The molecule has 1 aliphatic rings. The van der Waals surface area contributed by atoms with Crippen molar-refractivity contribution in [2.45, 2.75) is 25.4 Å². The summed E-state index contributed by atoms with van der Waals surface area (Å²) in [4.78, 5) is 4.02. The van der Waals surface area contributed by atoms with Crippen LogP contribution in [-0.4, -0.2) is 16.7 Å². The summed E-state index contributed by atoms with van der Waals surface area (Å²) in [5, 5.41) is 10.4. The fourth-order valence-electron chi connectivity index (χ4n) is 1.76. The van der Waals surface area contributed by atoms with E-state index in [4.69, 9.17) is 4.74 Å². The third kappa shape index (κ3) is 2.02. The van der Waals surface area contributed by atoms with Crippen LogP contribution in [0.1, 0.15) is 25.3 Å². The van der Waals surface area contributed by atoms with Crippen molar-refractivity contribution in [1.29, 1.82) is 0 Å². The molecule has 0 aliphatic carbocycles. The van der Waals surface area contributed by atoms with Crippen LogP contribution < -0.4 is 0 Å². The molecule has 0 spiro atoms. The number of aromatic nitrogens is 1. The quantitative estimate of drug-likeness (QED) is 0.802. The van der Waals surface area contributed by atoms with Crippen LogP contribution in [-0.2, 0) is 10.3 Å². The maximum Gasteiger partial charge on any atom is 0.113 e. The predicted octanol–water partition coefficient (Wildman–Crippen LogP) is 1.98. The maximum atomic E-state index is 10.4. The summed E-state index contributed by atoms with van der Waals surface area (Å²) >= 11 is 0. The van der Waals surface area contributed by atoms with Gasteiger partial charge in [0, 0.05) is 23.5 Å². The van der Waals surface area contributed by atoms with Crippen LogP contribution in [0.2, 0.25) is 0 Å². The Morgan fingerprint density at radius 3 is 3.00 bits per heavy atom. The van der Waals surface area contributed by atoms with Crippen molar-refractivity contribution in [2.24, 2.45) is 0 Å². The Bertz CT molecular complexity index is 357. The van der Waals surface area contributed by atoms with Gasteiger partial charge in [0.2, 0.25) is 0 Å². The zero-order chi connectivity index (χ0) is 10.7. The lowest BCUT2D eigenvalue weighted by Gasteiger charge is -2.28. The lowest BCUT2D eigenvalue weighted by Crippen LogP contribution is -2.26. The molecule has 3 heteroatoms. The molecule has 1 aromatic heterocycles. The summed E-state index contributed by atoms with van der Waals surface area (Å²) in [7, 11) is 0. The molecule has 0 saturated carbocycles. The highest BCUT2D eigenvalue weighted by atomic mass is 16.5. The van der Waals surface area contributed by atoms with Crippen molar-refractivity contribution in [3.8, 4) is 0 Å². The molecular weight excluding hydrogens is 190 g/mol. The van der Waals surface area contributed by atoms with Crippen LogP contribution >= 0.6 is 0 Å². The molecule has 0 radical (unpaired) electrons. The largest absolute Gasteiger partial charge is 0.501 e. The fraction of sp³-hybridized carbons (Fsp3) is 0.417. The predicted molar refractivity (Wildman–Crippen MR) is 57.1 cm³/mol. The first-order chi connectivity index (χ1) is 7.21. The first-order valence-corrected chi connectivity index (χ1v) is 5.15. The van der Waals surface area contributed by atoms with Gasteiger partial charge in [-0.05, 0) is 25.8 Å². The normalized spacial score (nSPS) is 20.0. The van der Waals surface area contributed by atoms with E-state index < -0.39 is 5.60 Å². The van der Waals surface area contributed by atoms with Gasteiger partial charge in [-0.15, -0.1) is 0 Å². The first-order valence-electron chi connectivity index (χ1n) is 5.15. The van der Waals surface area contributed by atoms with E-state index in [1.165, 1.54) is 0 Å². The standard InChI is InChI=1S/C12H15NO2/c1-12(14,10-4-2-6-13-8-10)11-5-3-7-15-9-11/h2,4,6,8-9,14H,3,5,7H2,1H3. The summed E-state index contributed by atoms with van der Waals surface area (Å²) in [5.41, 5.74) is 0.762. The molecule has 0 bridgehead atoms. The number of aliphatic hydroxyl groups is 1. The number of pyridine rings is 1. The zero-order valence-electron chi connectivity index (χ0n) is 8.81. The molecule has 80 valence electrons. The second-order valence-electron chi connectivity index (χ2n) is 3.93. The Labute approximate surface area is 89.4 Å². The number of hydrogen-bond donors (Lipinski definition) is 1. The van der Waals surface area contributed by atoms with Crippen LogP contribution in [0.4, 0.5) is 0 Å². The molecule has 0 amide bonds. The van der Waals surface area contributed by atoms with E-state index in [1.807, 2.05) is 12.1 Å². The minimum atomic E-state index is -0.964. The molecule has 1 aromatic rings. The minimum absolute atomic E-state index is 0.743. The highest BCUT2D eigenvalue weighted by Crippen LogP contribution is 2.32. The van der Waals surface area contributed by atoms with Gasteiger partial charge >= 0.3 is 0 Å². The zero-order valence-corrected chi connectivity index (χ0v) is 8.81. The van der Waals surface area contributed by atoms with Crippen molar-refractivity contribution in [2.75, 3.05) is 6.61 Å². The molecule has 3 nitrogen and oxygen atoms in total. The van der Waals surface area contributed by atoms with Crippen molar-refractivity contribution < 1.29 is 9.84 Å². The van der Waals surface area contributed by atoms with Crippen LogP contribution in [0.25, 0.3) is 0 Å². The van der Waals surface area contributed by atoms with Gasteiger partial charge in [0.1, 0.15) is 5.60 Å². The lowest BCUT2D eigenvalue weighted by atomic mass is 9.86. The maximum absolute atomic E-state index is 10.4. The molecule has 1 unspecified atom stereocenters. The topological polar surface area (TPSA) is 42.4 Å². The molecule has 0 aromatic carbocycles. The van der Waals surface area contributed by atoms with Gasteiger partial charge in [-0.2, -0.15) is 0 Å². The summed E-state index contributed by atoms with van der Waals surface area (Å²) < 4.78 is 5.25. The molecule has 0 saturated heterocycles. The molecule has 2 heterocycles. The molecule has 15 heavy (non-hydrogen) atoms. The van der Waals surface area contributed by atoms with Crippen LogP contribution in [0.15, 0.2) is 36.4 Å². The first kappa shape index (κ1) is 10.2. The second kappa shape index (κ2) is 4.03. The summed E-state index contributed by atoms with van der Waals surface area (Å²) in [5.74, 6) is 0. The van der Waals surface area contributed by atoms with Gasteiger partial charge in [0.15, 0.2) is 0 Å². The van der Waals surface area contributed by atoms with Crippen molar-refractivity contribution in [3.05, 3.63) is 41.9 Å². The van der Waals surface area contributed by atoms with E-state index >= 15 is 0 Å². The van der Waals surface area contributed by atoms with Crippen molar-refractivity contribution in [3.63, 3.8) is 0 Å². The average Bonchev–Trinajstić information content (AvgIpc) is 2.31. The Balaban J connectivity index is 2.30. The van der Waals surface area contributed by atoms with E-state index in [1.54, 1.807) is 25.6 Å². The Hall–Kier alpha value is -1.35. The number of ether oxygens (including phenoxy) is 1. The van der Waals surface area contributed by atoms with E-state index in [2.05, 4.69) is 4.98 Å². The van der Waals surface area contributed by atoms with E-state index in [0.29, 0.717) is 0 Å². The third-order valence-electron chi connectivity index (χ3n) is 2.78. The second-order valence-corrected chi connectivity index (χ2v) is 3.93. The summed E-state index contributed by atoms with van der Waals surface area (Å²) in [6, 6.07) is 3.70. The van der Waals surface area contributed by atoms with E-state index in [0.717, 1.165) is 30.6 Å². The SMILES string of the molecule is CC(O)(C1=COCCC1)c1cccnc1. The van der Waals surface area contributed by atoms with Crippen LogP contribution in [0, 0.1) is 0 Å². The Morgan fingerprint density at radius 1 is 1.53 bits per heavy atom. The summed E-state index contributed by atoms with van der Waals surface area (Å²) in [6.07, 6.45) is 6.90. The van der Waals surface area contributed by atoms with Gasteiger partial charge in [-0.1, -0.05) is 6.07 Å². The summed E-state index contributed by atoms with van der Waals surface area (Å²) in [6.45, 7) is 2.52. The smallest absolute Gasteiger partial charge is 0.113 e.